The van der Waals surface area contributed by atoms with E-state index in [2.05, 4.69) is 30.3 Å². The average Bonchev–Trinajstić information content (AvgIpc) is 3.52. The van der Waals surface area contributed by atoms with Crippen LogP contribution in [0.1, 0.15) is 17.8 Å². The number of anilines is 2. The first kappa shape index (κ1) is 20.3. The summed E-state index contributed by atoms with van der Waals surface area (Å²) in [7, 11) is 0. The molecule has 0 radical (unpaired) electrons. The largest absolute Gasteiger partial charge is 0.356 e. The summed E-state index contributed by atoms with van der Waals surface area (Å²) in [5, 5.41) is 10.4. The van der Waals surface area contributed by atoms with Crippen molar-refractivity contribution in [3.63, 3.8) is 0 Å². The number of nitrogens with one attached hydrogen (secondary N) is 1. The van der Waals surface area contributed by atoms with Gasteiger partial charge in [-0.3, -0.25) is 4.79 Å². The zero-order valence-electron chi connectivity index (χ0n) is 17.7. The lowest BCUT2D eigenvalue weighted by Gasteiger charge is -2.32. The van der Waals surface area contributed by atoms with E-state index in [4.69, 9.17) is 0 Å². The van der Waals surface area contributed by atoms with E-state index >= 15 is 0 Å². The molecule has 5 rings (SSSR count). The molecule has 1 aliphatic heterocycles. The maximum Gasteiger partial charge on any atom is 0.229 e. The lowest BCUT2D eigenvalue weighted by atomic mass is 9.97. The topological polar surface area (TPSA) is 88.8 Å². The Labute approximate surface area is 190 Å². The van der Waals surface area contributed by atoms with Crippen LogP contribution >= 0.6 is 11.3 Å². The van der Waals surface area contributed by atoms with Crippen LogP contribution in [0.15, 0.2) is 60.5 Å². The van der Waals surface area contributed by atoms with Gasteiger partial charge in [-0.15, -0.1) is 11.3 Å². The van der Waals surface area contributed by atoms with Gasteiger partial charge in [-0.05, 0) is 38.0 Å². The van der Waals surface area contributed by atoms with Crippen LogP contribution in [0.2, 0.25) is 0 Å². The Morgan fingerprint density at radius 1 is 1.19 bits per heavy atom. The average molecular weight is 446 g/mol. The molecule has 1 atom stereocenters. The Kier molecular flexibility index (Phi) is 5.64. The van der Waals surface area contributed by atoms with Gasteiger partial charge < -0.3 is 10.2 Å². The zero-order chi connectivity index (χ0) is 21.9. The van der Waals surface area contributed by atoms with Crippen molar-refractivity contribution >= 4 is 28.7 Å². The van der Waals surface area contributed by atoms with Crippen LogP contribution in [0.25, 0.3) is 17.1 Å². The maximum atomic E-state index is 13.1. The third-order valence-electron chi connectivity index (χ3n) is 5.54. The first-order valence-electron chi connectivity index (χ1n) is 10.6. The van der Waals surface area contributed by atoms with Gasteiger partial charge in [0.2, 0.25) is 5.91 Å². The number of carbonyl (C=O) groups is 1. The number of thiazole rings is 1. The summed E-state index contributed by atoms with van der Waals surface area (Å²) in [5.41, 5.74) is 2.73. The molecule has 3 aromatic heterocycles. The van der Waals surface area contributed by atoms with Gasteiger partial charge in [-0.1, -0.05) is 12.1 Å². The Morgan fingerprint density at radius 3 is 2.91 bits per heavy atom. The highest BCUT2D eigenvalue weighted by atomic mass is 32.1. The molecule has 1 fully saturated rings. The van der Waals surface area contributed by atoms with Gasteiger partial charge in [0.05, 0.1) is 16.6 Å². The summed E-state index contributed by atoms with van der Waals surface area (Å²) in [6.07, 6.45) is 6.89. The molecule has 8 nitrogen and oxygen atoms in total. The molecule has 9 heteroatoms. The fraction of sp³-hybridized carbons (Fsp3) is 0.261. The number of piperidine rings is 1. The van der Waals surface area contributed by atoms with E-state index in [0.29, 0.717) is 12.4 Å². The quantitative estimate of drug-likeness (QED) is 0.500. The first-order chi connectivity index (χ1) is 15.7. The molecule has 4 aromatic rings. The normalized spacial score (nSPS) is 16.2. The minimum atomic E-state index is -0.114. The molecule has 1 aliphatic rings. The van der Waals surface area contributed by atoms with E-state index in [0.717, 1.165) is 47.2 Å². The second-order valence-electron chi connectivity index (χ2n) is 7.79. The Hall–Kier alpha value is -3.59. The lowest BCUT2D eigenvalue weighted by molar-refractivity contribution is -0.120. The number of aromatic nitrogens is 5. The molecule has 1 amide bonds. The molecular formula is C23H23N7OS. The van der Waals surface area contributed by atoms with Crippen molar-refractivity contribution in [3.05, 3.63) is 65.5 Å². The Bertz CT molecular complexity index is 1220. The second kappa shape index (κ2) is 8.88. The van der Waals surface area contributed by atoms with Crippen molar-refractivity contribution in [2.75, 3.05) is 23.3 Å². The number of carbonyl (C=O) groups excluding carboxylic acids is 1. The van der Waals surface area contributed by atoms with Crippen LogP contribution in [0.5, 0.6) is 0 Å². The summed E-state index contributed by atoms with van der Waals surface area (Å²) in [6.45, 7) is 3.47. The molecule has 1 N–H and O–H groups in total. The van der Waals surface area contributed by atoms with Crippen molar-refractivity contribution in [3.8, 4) is 17.1 Å². The van der Waals surface area contributed by atoms with Gasteiger partial charge in [-0.25, -0.2) is 19.6 Å². The molecular weight excluding hydrogens is 422 g/mol. The van der Waals surface area contributed by atoms with Crippen molar-refractivity contribution in [1.29, 1.82) is 0 Å². The molecule has 0 aliphatic carbocycles. The van der Waals surface area contributed by atoms with Gasteiger partial charge >= 0.3 is 0 Å². The van der Waals surface area contributed by atoms with Gasteiger partial charge in [0.1, 0.15) is 12.1 Å². The van der Waals surface area contributed by atoms with Crippen LogP contribution in [-0.2, 0) is 4.79 Å². The highest BCUT2D eigenvalue weighted by Gasteiger charge is 2.27. The molecule has 0 unspecified atom stereocenters. The van der Waals surface area contributed by atoms with E-state index in [-0.39, 0.29) is 11.8 Å². The number of rotatable bonds is 5. The minimum Gasteiger partial charge on any atom is -0.356 e. The second-order valence-corrected chi connectivity index (χ2v) is 8.85. The number of hydrogen-bond acceptors (Lipinski definition) is 7. The smallest absolute Gasteiger partial charge is 0.229 e. The highest BCUT2D eigenvalue weighted by Crippen LogP contribution is 2.26. The molecule has 0 spiro atoms. The molecule has 0 bridgehead atoms. The fourth-order valence-corrected chi connectivity index (χ4v) is 4.56. The number of aryl methyl sites for hydroxylation is 1. The molecule has 1 aromatic carbocycles. The standard InChI is InChI=1S/C23H23N7OS/c1-16-27-20(14-32-16)17-5-2-7-19(11-17)28-23(31)18-6-3-9-29(13-18)21-12-22(25-15-24-21)30-10-4-8-26-30/h2,4-5,7-8,10-12,14-15,18H,3,6,9,13H2,1H3,(H,28,31)/t18-/m0/s1. The van der Waals surface area contributed by atoms with Crippen LogP contribution < -0.4 is 10.2 Å². The molecule has 0 saturated carbocycles. The number of hydrogen-bond donors (Lipinski definition) is 1. The van der Waals surface area contributed by atoms with Crippen molar-refractivity contribution < 1.29 is 4.79 Å². The third kappa shape index (κ3) is 4.38. The van der Waals surface area contributed by atoms with Crippen molar-refractivity contribution in [2.24, 2.45) is 5.92 Å². The summed E-state index contributed by atoms with van der Waals surface area (Å²) in [5.74, 6) is 1.43. The lowest BCUT2D eigenvalue weighted by Crippen LogP contribution is -2.41. The van der Waals surface area contributed by atoms with E-state index in [1.807, 2.05) is 54.9 Å². The van der Waals surface area contributed by atoms with Crippen LogP contribution in [0.3, 0.4) is 0 Å². The van der Waals surface area contributed by atoms with Crippen LogP contribution in [-0.4, -0.2) is 43.7 Å². The van der Waals surface area contributed by atoms with Crippen LogP contribution in [0, 0.1) is 12.8 Å². The van der Waals surface area contributed by atoms with Gasteiger partial charge in [0.25, 0.3) is 0 Å². The Balaban J connectivity index is 1.28. The molecule has 32 heavy (non-hydrogen) atoms. The maximum absolute atomic E-state index is 13.1. The summed E-state index contributed by atoms with van der Waals surface area (Å²) in [6, 6.07) is 11.6. The molecule has 162 valence electrons. The van der Waals surface area contributed by atoms with Gasteiger partial charge in [-0.2, -0.15) is 5.10 Å². The number of nitrogens with zero attached hydrogens (tertiary/aromatic N) is 6. The number of amides is 1. The SMILES string of the molecule is Cc1nc(-c2cccc(NC(=O)[C@H]3CCCN(c4cc(-n5cccn5)ncn4)C3)c2)cs1. The Morgan fingerprint density at radius 2 is 2.09 bits per heavy atom. The van der Waals surface area contributed by atoms with Crippen molar-refractivity contribution in [2.45, 2.75) is 19.8 Å². The third-order valence-corrected chi connectivity index (χ3v) is 6.31. The highest BCUT2D eigenvalue weighted by molar-refractivity contribution is 7.09. The predicted octanol–water partition coefficient (Wildman–Crippen LogP) is 3.95. The molecule has 1 saturated heterocycles. The zero-order valence-corrected chi connectivity index (χ0v) is 18.5. The summed E-state index contributed by atoms with van der Waals surface area (Å²) >= 11 is 1.62. The number of benzene rings is 1. The monoisotopic (exact) mass is 445 g/mol. The van der Waals surface area contributed by atoms with E-state index < -0.39 is 0 Å². The van der Waals surface area contributed by atoms with E-state index in [1.165, 1.54) is 0 Å². The van der Waals surface area contributed by atoms with E-state index in [1.54, 1.807) is 28.5 Å². The summed E-state index contributed by atoms with van der Waals surface area (Å²) in [4.78, 5) is 28.5. The molecule has 4 heterocycles. The minimum absolute atomic E-state index is 0.0302. The van der Waals surface area contributed by atoms with E-state index in [9.17, 15) is 4.79 Å². The first-order valence-corrected chi connectivity index (χ1v) is 11.4. The predicted molar refractivity (Wildman–Crippen MR) is 125 cm³/mol. The van der Waals surface area contributed by atoms with Crippen molar-refractivity contribution in [1.82, 2.24) is 24.7 Å². The summed E-state index contributed by atoms with van der Waals surface area (Å²) < 4.78 is 1.70. The van der Waals surface area contributed by atoms with Gasteiger partial charge in [0.15, 0.2) is 5.82 Å². The van der Waals surface area contributed by atoms with Gasteiger partial charge in [0, 0.05) is 48.2 Å². The fourth-order valence-electron chi connectivity index (χ4n) is 3.94. The van der Waals surface area contributed by atoms with Crippen LogP contribution in [0.4, 0.5) is 11.5 Å².